The number of rotatable bonds is 1. The van der Waals surface area contributed by atoms with E-state index in [1.165, 1.54) is 0 Å². The van der Waals surface area contributed by atoms with Gasteiger partial charge in [-0.05, 0) is 51.0 Å². The number of hydrogen-bond acceptors (Lipinski definition) is 4. The van der Waals surface area contributed by atoms with Crippen molar-refractivity contribution in [1.82, 2.24) is 9.97 Å². The molecule has 0 bridgehead atoms. The van der Waals surface area contributed by atoms with Gasteiger partial charge in [-0.3, -0.25) is 9.59 Å². The molecule has 0 radical (unpaired) electrons. The first kappa shape index (κ1) is 17.4. The second kappa shape index (κ2) is 7.38. The number of aryl methyl sites for hydroxylation is 4. The van der Waals surface area contributed by atoms with Crippen LogP contribution >= 0.6 is 0 Å². The molecular weight excluding hydrogens is 280 g/mol. The quantitative estimate of drug-likeness (QED) is 0.736. The summed E-state index contributed by atoms with van der Waals surface area (Å²) in [5, 5.41) is 8.52. The van der Waals surface area contributed by atoms with Gasteiger partial charge in [0.15, 0.2) is 0 Å². The lowest BCUT2D eigenvalue weighted by molar-refractivity contribution is 0.975. The van der Waals surface area contributed by atoms with Crippen LogP contribution in [-0.2, 0) is 6.54 Å². The topological polar surface area (TPSA) is 116 Å². The monoisotopic (exact) mass is 300 g/mol. The van der Waals surface area contributed by atoms with Crippen LogP contribution in [0.3, 0.4) is 0 Å². The first-order valence-corrected chi connectivity index (χ1v) is 6.80. The molecule has 0 amide bonds. The lowest BCUT2D eigenvalue weighted by atomic mass is 10.1. The maximum absolute atomic E-state index is 11.2. The van der Waals surface area contributed by atoms with E-state index in [0.29, 0.717) is 12.1 Å². The maximum Gasteiger partial charge on any atom is 0.266 e. The molecule has 2 aromatic rings. The van der Waals surface area contributed by atoms with Crippen molar-refractivity contribution in [3.63, 3.8) is 0 Å². The molecule has 6 nitrogen and oxygen atoms in total. The van der Waals surface area contributed by atoms with Crippen molar-refractivity contribution in [1.29, 1.82) is 5.26 Å². The van der Waals surface area contributed by atoms with Crippen molar-refractivity contribution in [2.24, 2.45) is 5.73 Å². The number of nitriles is 1. The number of aromatic amines is 2. The van der Waals surface area contributed by atoms with E-state index in [1.807, 2.05) is 26.0 Å². The molecule has 0 fully saturated rings. The molecule has 0 spiro atoms. The van der Waals surface area contributed by atoms with Gasteiger partial charge in [0, 0.05) is 23.5 Å². The van der Waals surface area contributed by atoms with E-state index in [9.17, 15) is 9.59 Å². The molecular formula is C16H20N4O2. The Morgan fingerprint density at radius 2 is 1.50 bits per heavy atom. The Hall–Kier alpha value is -2.65. The van der Waals surface area contributed by atoms with E-state index < -0.39 is 0 Å². The van der Waals surface area contributed by atoms with E-state index in [-0.39, 0.29) is 16.7 Å². The molecule has 0 atom stereocenters. The van der Waals surface area contributed by atoms with Gasteiger partial charge >= 0.3 is 0 Å². The summed E-state index contributed by atoms with van der Waals surface area (Å²) < 4.78 is 0. The lowest BCUT2D eigenvalue weighted by Crippen LogP contribution is -2.18. The van der Waals surface area contributed by atoms with Crippen molar-refractivity contribution in [3.05, 3.63) is 66.5 Å². The number of H-pyrrole nitrogens is 2. The Morgan fingerprint density at radius 3 is 1.91 bits per heavy atom. The average Bonchev–Trinajstić information content (AvgIpc) is 2.38. The van der Waals surface area contributed by atoms with Gasteiger partial charge in [-0.1, -0.05) is 0 Å². The highest BCUT2D eigenvalue weighted by Crippen LogP contribution is 2.01. The highest BCUT2D eigenvalue weighted by Gasteiger charge is 2.02. The van der Waals surface area contributed by atoms with Gasteiger partial charge in [0.2, 0.25) is 0 Å². The zero-order valence-corrected chi connectivity index (χ0v) is 13.2. The van der Waals surface area contributed by atoms with Gasteiger partial charge in [-0.2, -0.15) is 5.26 Å². The van der Waals surface area contributed by atoms with Gasteiger partial charge in [-0.15, -0.1) is 0 Å². The number of aromatic nitrogens is 2. The van der Waals surface area contributed by atoms with E-state index in [0.717, 1.165) is 22.5 Å². The van der Waals surface area contributed by atoms with Gasteiger partial charge < -0.3 is 15.7 Å². The Morgan fingerprint density at radius 1 is 1.00 bits per heavy atom. The second-order valence-electron chi connectivity index (χ2n) is 5.10. The van der Waals surface area contributed by atoms with Crippen LogP contribution in [-0.4, -0.2) is 9.97 Å². The number of nitrogens with one attached hydrogen (secondary N) is 2. The van der Waals surface area contributed by atoms with Gasteiger partial charge in [0.25, 0.3) is 11.1 Å². The second-order valence-corrected chi connectivity index (χ2v) is 5.10. The minimum atomic E-state index is -0.301. The Bertz CT molecular complexity index is 826. The zero-order valence-electron chi connectivity index (χ0n) is 13.2. The van der Waals surface area contributed by atoms with E-state index >= 15 is 0 Å². The molecule has 22 heavy (non-hydrogen) atoms. The highest BCUT2D eigenvalue weighted by atomic mass is 16.1. The third-order valence-electron chi connectivity index (χ3n) is 3.17. The molecule has 2 rings (SSSR count). The molecule has 0 saturated heterocycles. The van der Waals surface area contributed by atoms with Crippen molar-refractivity contribution in [2.75, 3.05) is 0 Å². The summed E-state index contributed by atoms with van der Waals surface area (Å²) in [4.78, 5) is 27.4. The lowest BCUT2D eigenvalue weighted by Gasteiger charge is -2.01. The molecule has 0 aromatic carbocycles. The third-order valence-corrected chi connectivity index (χ3v) is 3.17. The first-order valence-electron chi connectivity index (χ1n) is 6.80. The summed E-state index contributed by atoms with van der Waals surface area (Å²) in [6.07, 6.45) is 0. The van der Waals surface area contributed by atoms with Crippen LogP contribution in [0.4, 0.5) is 0 Å². The van der Waals surface area contributed by atoms with Crippen molar-refractivity contribution >= 4 is 0 Å². The molecule has 0 aliphatic heterocycles. The fourth-order valence-corrected chi connectivity index (χ4v) is 2.13. The molecule has 2 heterocycles. The van der Waals surface area contributed by atoms with Crippen LogP contribution in [0.2, 0.25) is 0 Å². The first-order chi connectivity index (χ1) is 10.3. The summed E-state index contributed by atoms with van der Waals surface area (Å²) in [5.74, 6) is 0. The molecule has 0 aliphatic carbocycles. The zero-order chi connectivity index (χ0) is 16.9. The van der Waals surface area contributed by atoms with Crippen molar-refractivity contribution in [2.45, 2.75) is 34.2 Å². The van der Waals surface area contributed by atoms with Crippen LogP contribution in [0.15, 0.2) is 21.7 Å². The van der Waals surface area contributed by atoms with E-state index in [2.05, 4.69) is 9.97 Å². The molecule has 0 unspecified atom stereocenters. The maximum atomic E-state index is 11.2. The number of nitrogens with zero attached hydrogens (tertiary/aromatic N) is 1. The Kier molecular flexibility index (Phi) is 5.84. The molecule has 116 valence electrons. The number of nitrogens with two attached hydrogens (primary N) is 1. The number of hydrogen-bond donors (Lipinski definition) is 3. The normalized spacial score (nSPS) is 9.64. The SMILES string of the molecule is Cc1cc(C)c(C#N)c(=O)[nH]1.Cc1cc(C)c(CN)c(=O)[nH]1. The summed E-state index contributed by atoms with van der Waals surface area (Å²) in [6.45, 7) is 7.59. The third kappa shape index (κ3) is 4.17. The van der Waals surface area contributed by atoms with Crippen LogP contribution in [0.1, 0.15) is 33.6 Å². The predicted octanol–water partition coefficient (Wildman–Crippen LogP) is 1.31. The molecule has 0 aliphatic rings. The van der Waals surface area contributed by atoms with Gasteiger partial charge in [0.05, 0.1) is 0 Å². The van der Waals surface area contributed by atoms with Crippen LogP contribution < -0.4 is 16.9 Å². The smallest absolute Gasteiger partial charge is 0.266 e. The van der Waals surface area contributed by atoms with Crippen LogP contribution in [0.5, 0.6) is 0 Å². The van der Waals surface area contributed by atoms with E-state index in [4.69, 9.17) is 11.0 Å². The van der Waals surface area contributed by atoms with Gasteiger partial charge in [-0.25, -0.2) is 0 Å². The van der Waals surface area contributed by atoms with Crippen molar-refractivity contribution in [3.8, 4) is 6.07 Å². The minimum absolute atomic E-state index is 0.0648. The van der Waals surface area contributed by atoms with Crippen LogP contribution in [0.25, 0.3) is 0 Å². The largest absolute Gasteiger partial charge is 0.326 e. The van der Waals surface area contributed by atoms with E-state index in [1.54, 1.807) is 19.9 Å². The predicted molar refractivity (Wildman–Crippen MR) is 85.7 cm³/mol. The molecule has 6 heteroatoms. The summed E-state index contributed by atoms with van der Waals surface area (Å²) in [5.41, 5.74) is 9.26. The summed E-state index contributed by atoms with van der Waals surface area (Å²) in [7, 11) is 0. The average molecular weight is 300 g/mol. The Balaban J connectivity index is 0.000000220. The highest BCUT2D eigenvalue weighted by molar-refractivity contribution is 5.35. The Labute approximate surface area is 128 Å². The standard InChI is InChI=1S/C8H12N2O.C8H8N2O/c2*1-5-3-6(2)10-8(11)7(5)4-9/h3H,4,9H2,1-2H3,(H,10,11);3H,1-2H3,(H,10,11). The summed E-state index contributed by atoms with van der Waals surface area (Å²) >= 11 is 0. The fraction of sp³-hybridized carbons (Fsp3) is 0.312. The van der Waals surface area contributed by atoms with Gasteiger partial charge in [0.1, 0.15) is 11.6 Å². The molecule has 2 aromatic heterocycles. The minimum Gasteiger partial charge on any atom is -0.326 e. The molecule has 0 saturated carbocycles. The van der Waals surface area contributed by atoms with Crippen molar-refractivity contribution < 1.29 is 0 Å². The fourth-order valence-electron chi connectivity index (χ4n) is 2.13. The number of pyridine rings is 2. The van der Waals surface area contributed by atoms with Crippen LogP contribution in [0, 0.1) is 39.0 Å². The summed E-state index contributed by atoms with van der Waals surface area (Å²) in [6, 6.07) is 5.54. The molecule has 4 N–H and O–H groups in total.